The van der Waals surface area contributed by atoms with Gasteiger partial charge in [0.1, 0.15) is 11.0 Å². The van der Waals surface area contributed by atoms with Crippen molar-refractivity contribution in [3.63, 3.8) is 0 Å². The normalized spacial score (nSPS) is 11.8. The molecule has 0 aliphatic carbocycles. The summed E-state index contributed by atoms with van der Waals surface area (Å²) in [5.74, 6) is 0.415. The zero-order valence-corrected chi connectivity index (χ0v) is 11.4. The molecule has 0 saturated carbocycles. The molecule has 0 aliphatic rings. The van der Waals surface area contributed by atoms with Crippen molar-refractivity contribution in [3.05, 3.63) is 35.0 Å². The van der Waals surface area contributed by atoms with Crippen LogP contribution in [-0.4, -0.2) is 14.8 Å². The van der Waals surface area contributed by atoms with E-state index in [0.29, 0.717) is 5.92 Å². The third-order valence-electron chi connectivity index (χ3n) is 3.28. The highest BCUT2D eigenvalue weighted by Crippen LogP contribution is 2.34. The number of nitrogens with zero attached hydrogens (tertiary/aromatic N) is 3. The van der Waals surface area contributed by atoms with Crippen molar-refractivity contribution in [2.75, 3.05) is 0 Å². The van der Waals surface area contributed by atoms with E-state index >= 15 is 0 Å². The largest absolute Gasteiger partial charge is 0.265 e. The Morgan fingerprint density at radius 2 is 2.00 bits per heavy atom. The van der Waals surface area contributed by atoms with E-state index < -0.39 is 0 Å². The van der Waals surface area contributed by atoms with Crippen LogP contribution in [0.1, 0.15) is 25.3 Å². The minimum absolute atomic E-state index is 0.415. The fourth-order valence-corrected chi connectivity index (χ4v) is 2.81. The van der Waals surface area contributed by atoms with Crippen molar-refractivity contribution in [1.82, 2.24) is 14.8 Å². The van der Waals surface area contributed by atoms with Gasteiger partial charge in [0.25, 0.3) is 0 Å². The van der Waals surface area contributed by atoms with Crippen LogP contribution in [-0.2, 0) is 7.05 Å². The molecule has 0 N–H and O–H groups in total. The number of benzene rings is 1. The van der Waals surface area contributed by atoms with Crippen LogP contribution in [0.5, 0.6) is 0 Å². The van der Waals surface area contributed by atoms with Gasteiger partial charge >= 0.3 is 0 Å². The Bertz CT molecular complexity index is 743. The zero-order chi connectivity index (χ0) is 12.9. The van der Waals surface area contributed by atoms with Crippen molar-refractivity contribution < 1.29 is 0 Å². The summed E-state index contributed by atoms with van der Waals surface area (Å²) in [7, 11) is 1.89. The smallest absolute Gasteiger partial charge is 0.111 e. The molecule has 2 aromatic heterocycles. The molecular weight excluding hydrogens is 246 g/mol. The first kappa shape index (κ1) is 11.5. The Morgan fingerprint density at radius 3 is 2.72 bits per heavy atom. The maximum absolute atomic E-state index is 6.57. The summed E-state index contributed by atoms with van der Waals surface area (Å²) >= 11 is 6.57. The maximum Gasteiger partial charge on any atom is 0.111 e. The van der Waals surface area contributed by atoms with Gasteiger partial charge in [-0.25, -0.2) is 4.98 Å². The van der Waals surface area contributed by atoms with E-state index in [0.717, 1.165) is 27.0 Å². The predicted octanol–water partition coefficient (Wildman–Crippen LogP) is 3.90. The van der Waals surface area contributed by atoms with Gasteiger partial charge in [0.15, 0.2) is 0 Å². The molecule has 4 heteroatoms. The monoisotopic (exact) mass is 259 g/mol. The Labute approximate surface area is 110 Å². The van der Waals surface area contributed by atoms with Gasteiger partial charge in [0, 0.05) is 12.4 Å². The summed E-state index contributed by atoms with van der Waals surface area (Å²) in [5.41, 5.74) is 3.91. The number of hydrogen-bond acceptors (Lipinski definition) is 2. The lowest BCUT2D eigenvalue weighted by Gasteiger charge is -2.11. The molecule has 3 aromatic rings. The minimum Gasteiger partial charge on any atom is -0.265 e. The highest BCUT2D eigenvalue weighted by Gasteiger charge is 2.15. The molecule has 0 fully saturated rings. The van der Waals surface area contributed by atoms with E-state index in [1.165, 1.54) is 5.56 Å². The molecule has 2 heterocycles. The Kier molecular flexibility index (Phi) is 2.52. The summed E-state index contributed by atoms with van der Waals surface area (Å²) in [6.07, 6.45) is 1.75. The van der Waals surface area contributed by atoms with E-state index in [9.17, 15) is 0 Å². The lowest BCUT2D eigenvalue weighted by atomic mass is 9.98. The Morgan fingerprint density at radius 1 is 1.22 bits per heavy atom. The highest BCUT2D eigenvalue weighted by molar-refractivity contribution is 6.40. The van der Waals surface area contributed by atoms with Gasteiger partial charge < -0.3 is 0 Å². The second-order valence-corrected chi connectivity index (χ2v) is 5.20. The number of aryl methyl sites for hydroxylation is 1. The maximum atomic E-state index is 6.57. The fourth-order valence-electron chi connectivity index (χ4n) is 2.38. The van der Waals surface area contributed by atoms with Crippen molar-refractivity contribution in [3.8, 4) is 0 Å². The van der Waals surface area contributed by atoms with Gasteiger partial charge in [-0.3, -0.25) is 4.68 Å². The molecule has 92 valence electrons. The number of hydrogen-bond donors (Lipinski definition) is 0. The van der Waals surface area contributed by atoms with Crippen LogP contribution in [0.3, 0.4) is 0 Å². The summed E-state index contributed by atoms with van der Waals surface area (Å²) in [5, 5.41) is 6.02. The third-order valence-corrected chi connectivity index (χ3v) is 3.65. The summed E-state index contributed by atoms with van der Waals surface area (Å²) in [4.78, 5) is 4.63. The molecule has 0 spiro atoms. The number of pyridine rings is 1. The zero-order valence-electron chi connectivity index (χ0n) is 10.6. The van der Waals surface area contributed by atoms with E-state index in [1.54, 1.807) is 10.9 Å². The molecule has 0 unspecified atom stereocenters. The van der Waals surface area contributed by atoms with Crippen molar-refractivity contribution in [2.45, 2.75) is 19.8 Å². The molecule has 0 aliphatic heterocycles. The number of aromatic nitrogens is 3. The van der Waals surface area contributed by atoms with Crippen molar-refractivity contribution in [1.29, 1.82) is 0 Å². The minimum atomic E-state index is 0.415. The highest BCUT2D eigenvalue weighted by atomic mass is 35.5. The second kappa shape index (κ2) is 3.95. The van der Waals surface area contributed by atoms with Crippen LogP contribution in [0.15, 0.2) is 24.4 Å². The molecule has 0 saturated heterocycles. The van der Waals surface area contributed by atoms with E-state index in [1.807, 2.05) is 19.2 Å². The number of fused-ring (bicyclic) bond motifs is 2. The second-order valence-electron chi connectivity index (χ2n) is 4.82. The lowest BCUT2D eigenvalue weighted by molar-refractivity contribution is 0.797. The molecule has 0 amide bonds. The van der Waals surface area contributed by atoms with Crippen LogP contribution >= 0.6 is 11.6 Å². The first-order chi connectivity index (χ1) is 8.59. The van der Waals surface area contributed by atoms with Crippen LogP contribution in [0.25, 0.3) is 21.9 Å². The van der Waals surface area contributed by atoms with Crippen molar-refractivity contribution >= 4 is 33.5 Å². The molecule has 1 aromatic carbocycles. The van der Waals surface area contributed by atoms with Gasteiger partial charge in [-0.2, -0.15) is 5.10 Å². The van der Waals surface area contributed by atoms with Gasteiger partial charge in [-0.1, -0.05) is 37.6 Å². The molecular formula is C14H14ClN3. The topological polar surface area (TPSA) is 30.7 Å². The van der Waals surface area contributed by atoms with E-state index in [4.69, 9.17) is 11.6 Å². The number of halogens is 1. The number of rotatable bonds is 1. The summed E-state index contributed by atoms with van der Waals surface area (Å²) in [6.45, 7) is 4.33. The molecule has 0 radical (unpaired) electrons. The van der Waals surface area contributed by atoms with Crippen LogP contribution < -0.4 is 0 Å². The van der Waals surface area contributed by atoms with Gasteiger partial charge in [0.05, 0.1) is 16.7 Å². The average molecular weight is 260 g/mol. The quantitative estimate of drug-likeness (QED) is 0.664. The van der Waals surface area contributed by atoms with Crippen LogP contribution in [0.4, 0.5) is 0 Å². The standard InChI is InChI=1S/C14H14ClN3/c1-8(2)9-5-4-6-10-12(9)13(15)14-11(17-10)7-16-18(14)3/h4-8H,1-3H3. The first-order valence-electron chi connectivity index (χ1n) is 5.99. The summed E-state index contributed by atoms with van der Waals surface area (Å²) < 4.78 is 1.78. The molecule has 3 rings (SSSR count). The summed E-state index contributed by atoms with van der Waals surface area (Å²) in [6, 6.07) is 6.14. The predicted molar refractivity (Wildman–Crippen MR) is 75.1 cm³/mol. The molecule has 0 bridgehead atoms. The van der Waals surface area contributed by atoms with E-state index in [2.05, 4.69) is 30.0 Å². The molecule has 0 atom stereocenters. The van der Waals surface area contributed by atoms with Crippen LogP contribution in [0, 0.1) is 0 Å². The van der Waals surface area contributed by atoms with Crippen LogP contribution in [0.2, 0.25) is 5.02 Å². The Hall–Kier alpha value is -1.61. The van der Waals surface area contributed by atoms with Gasteiger partial charge in [0.2, 0.25) is 0 Å². The molecule has 3 nitrogen and oxygen atoms in total. The SMILES string of the molecule is CC(C)c1cccc2nc3cnn(C)c3c(Cl)c12. The lowest BCUT2D eigenvalue weighted by Crippen LogP contribution is -1.95. The molecule has 18 heavy (non-hydrogen) atoms. The third kappa shape index (κ3) is 1.51. The average Bonchev–Trinajstić information content (AvgIpc) is 2.70. The van der Waals surface area contributed by atoms with E-state index in [-0.39, 0.29) is 0 Å². The Balaban J connectivity index is 2.55. The van der Waals surface area contributed by atoms with Gasteiger partial charge in [-0.05, 0) is 17.5 Å². The fraction of sp³-hybridized carbons (Fsp3) is 0.286. The first-order valence-corrected chi connectivity index (χ1v) is 6.37. The van der Waals surface area contributed by atoms with Gasteiger partial charge in [-0.15, -0.1) is 0 Å². The van der Waals surface area contributed by atoms with Crippen molar-refractivity contribution in [2.24, 2.45) is 7.05 Å².